The maximum absolute atomic E-state index is 12.0. The first-order valence-electron chi connectivity index (χ1n) is 7.41. The van der Waals surface area contributed by atoms with Gasteiger partial charge in [0.1, 0.15) is 11.5 Å². The first-order chi connectivity index (χ1) is 12.1. The predicted molar refractivity (Wildman–Crippen MR) is 91.5 cm³/mol. The summed E-state index contributed by atoms with van der Waals surface area (Å²) in [6, 6.07) is 11.6. The van der Waals surface area contributed by atoms with Gasteiger partial charge in [-0.25, -0.2) is 4.79 Å². The molecule has 0 heterocycles. The molecule has 0 radical (unpaired) electrons. The smallest absolute Gasteiger partial charge is 0.349 e. The van der Waals surface area contributed by atoms with Gasteiger partial charge in [-0.3, -0.25) is 0 Å². The van der Waals surface area contributed by atoms with Gasteiger partial charge in [-0.15, -0.1) is 0 Å². The van der Waals surface area contributed by atoms with Gasteiger partial charge in [0.15, 0.2) is 18.1 Å². The van der Waals surface area contributed by atoms with Crippen molar-refractivity contribution in [1.82, 2.24) is 0 Å². The molecule has 0 aliphatic heterocycles. The number of esters is 1. The van der Waals surface area contributed by atoms with Crippen molar-refractivity contribution < 1.29 is 23.7 Å². The summed E-state index contributed by atoms with van der Waals surface area (Å²) in [5, 5.41) is 9.09. The van der Waals surface area contributed by atoms with E-state index in [0.717, 1.165) is 0 Å². The molecule has 25 heavy (non-hydrogen) atoms. The second kappa shape index (κ2) is 8.81. The van der Waals surface area contributed by atoms with Gasteiger partial charge in [0.05, 0.1) is 30.4 Å². The van der Waals surface area contributed by atoms with Crippen LogP contribution in [0.25, 0.3) is 0 Å². The topological polar surface area (TPSA) is 77.8 Å². The van der Waals surface area contributed by atoms with Crippen molar-refractivity contribution in [3.63, 3.8) is 0 Å². The van der Waals surface area contributed by atoms with E-state index in [4.69, 9.17) is 35.8 Å². The SMILES string of the molecule is CCOc1cc(C#N)cc(Cl)c1OC(=O)COc1ccc(OC)cc1. The van der Waals surface area contributed by atoms with Gasteiger partial charge < -0.3 is 18.9 Å². The van der Waals surface area contributed by atoms with Gasteiger partial charge in [0.25, 0.3) is 0 Å². The fraction of sp³-hybridized carbons (Fsp3) is 0.222. The van der Waals surface area contributed by atoms with Crippen LogP contribution in [0, 0.1) is 11.3 Å². The Hall–Kier alpha value is -2.91. The van der Waals surface area contributed by atoms with Crippen LogP contribution in [0.3, 0.4) is 0 Å². The largest absolute Gasteiger partial charge is 0.497 e. The summed E-state index contributed by atoms with van der Waals surface area (Å²) in [5.41, 5.74) is 0.308. The minimum atomic E-state index is -0.650. The Kier molecular flexibility index (Phi) is 6.49. The van der Waals surface area contributed by atoms with Gasteiger partial charge >= 0.3 is 5.97 Å². The zero-order valence-electron chi connectivity index (χ0n) is 13.7. The van der Waals surface area contributed by atoms with Crippen LogP contribution in [-0.4, -0.2) is 26.3 Å². The van der Waals surface area contributed by atoms with E-state index in [-0.39, 0.29) is 23.1 Å². The van der Waals surface area contributed by atoms with E-state index in [0.29, 0.717) is 23.7 Å². The second-order valence-corrected chi connectivity index (χ2v) is 5.18. The van der Waals surface area contributed by atoms with Crippen molar-refractivity contribution in [2.45, 2.75) is 6.92 Å². The highest BCUT2D eigenvalue weighted by molar-refractivity contribution is 6.32. The standard InChI is InChI=1S/C18H16ClNO5/c1-3-23-16-9-12(10-20)8-15(19)18(16)25-17(21)11-24-14-6-4-13(22-2)5-7-14/h4-9H,3,11H2,1-2H3. The van der Waals surface area contributed by atoms with E-state index in [1.807, 2.05) is 6.07 Å². The van der Waals surface area contributed by atoms with Gasteiger partial charge in [0.2, 0.25) is 0 Å². The average Bonchev–Trinajstić information content (AvgIpc) is 2.63. The molecule has 2 aromatic rings. The Labute approximate surface area is 150 Å². The Morgan fingerprint density at radius 3 is 2.44 bits per heavy atom. The molecule has 0 aliphatic carbocycles. The third-order valence-corrected chi connectivity index (χ3v) is 3.35. The first kappa shape index (κ1) is 18.4. The minimum Gasteiger partial charge on any atom is -0.497 e. The molecular weight excluding hydrogens is 346 g/mol. The van der Waals surface area contributed by atoms with Crippen molar-refractivity contribution in [2.75, 3.05) is 20.3 Å². The zero-order valence-corrected chi connectivity index (χ0v) is 14.5. The molecule has 0 saturated carbocycles. The molecular formula is C18H16ClNO5. The van der Waals surface area contributed by atoms with Gasteiger partial charge in [-0.05, 0) is 37.3 Å². The van der Waals surface area contributed by atoms with Crippen LogP contribution >= 0.6 is 11.6 Å². The number of halogens is 1. The molecule has 6 nitrogen and oxygen atoms in total. The number of ether oxygens (including phenoxy) is 4. The van der Waals surface area contributed by atoms with Gasteiger partial charge in [-0.1, -0.05) is 11.6 Å². The van der Waals surface area contributed by atoms with E-state index >= 15 is 0 Å². The molecule has 0 aliphatic rings. The highest BCUT2D eigenvalue weighted by atomic mass is 35.5. The summed E-state index contributed by atoms with van der Waals surface area (Å²) in [6.45, 7) is 1.79. The summed E-state index contributed by atoms with van der Waals surface area (Å²) >= 11 is 6.08. The van der Waals surface area contributed by atoms with Crippen molar-refractivity contribution in [3.05, 3.63) is 47.0 Å². The van der Waals surface area contributed by atoms with Crippen LogP contribution in [0.1, 0.15) is 12.5 Å². The molecule has 0 fully saturated rings. The summed E-state index contributed by atoms with van der Waals surface area (Å²) in [6.07, 6.45) is 0. The van der Waals surface area contributed by atoms with Crippen LogP contribution in [0.4, 0.5) is 0 Å². The molecule has 0 aromatic heterocycles. The average molecular weight is 362 g/mol. The van der Waals surface area contributed by atoms with E-state index in [1.54, 1.807) is 38.3 Å². The number of nitriles is 1. The molecule has 0 unspecified atom stereocenters. The molecule has 0 amide bonds. The number of carbonyl (C=O) groups is 1. The molecule has 7 heteroatoms. The van der Waals surface area contributed by atoms with Crippen LogP contribution in [0.5, 0.6) is 23.0 Å². The Balaban J connectivity index is 2.05. The van der Waals surface area contributed by atoms with Crippen molar-refractivity contribution >= 4 is 17.6 Å². The molecule has 0 bridgehead atoms. The normalized spacial score (nSPS) is 9.84. The molecule has 2 rings (SSSR count). The number of hydrogen-bond acceptors (Lipinski definition) is 6. The lowest BCUT2D eigenvalue weighted by Crippen LogP contribution is -2.18. The number of hydrogen-bond donors (Lipinski definition) is 0. The molecule has 2 aromatic carbocycles. The number of benzene rings is 2. The number of carbonyl (C=O) groups excluding carboxylic acids is 1. The third kappa shape index (κ3) is 5.03. The predicted octanol–water partition coefficient (Wildman–Crippen LogP) is 3.60. The Morgan fingerprint density at radius 1 is 1.16 bits per heavy atom. The zero-order chi connectivity index (χ0) is 18.2. The Bertz CT molecular complexity index is 783. The first-order valence-corrected chi connectivity index (χ1v) is 7.79. The second-order valence-electron chi connectivity index (χ2n) is 4.77. The quantitative estimate of drug-likeness (QED) is 0.554. The van der Waals surface area contributed by atoms with E-state index in [1.165, 1.54) is 12.1 Å². The highest BCUT2D eigenvalue weighted by Gasteiger charge is 2.17. The number of rotatable bonds is 7. The minimum absolute atomic E-state index is 0.0610. The number of methoxy groups -OCH3 is 1. The number of nitrogens with zero attached hydrogens (tertiary/aromatic N) is 1. The lowest BCUT2D eigenvalue weighted by Gasteiger charge is -2.13. The fourth-order valence-corrected chi connectivity index (χ4v) is 2.20. The van der Waals surface area contributed by atoms with Crippen LogP contribution < -0.4 is 18.9 Å². The maximum Gasteiger partial charge on any atom is 0.349 e. The lowest BCUT2D eigenvalue weighted by atomic mass is 10.2. The summed E-state index contributed by atoms with van der Waals surface area (Å²) in [7, 11) is 1.56. The summed E-state index contributed by atoms with van der Waals surface area (Å²) < 4.78 is 21.0. The lowest BCUT2D eigenvalue weighted by molar-refractivity contribution is -0.136. The monoisotopic (exact) mass is 361 g/mol. The highest BCUT2D eigenvalue weighted by Crippen LogP contribution is 2.36. The fourth-order valence-electron chi connectivity index (χ4n) is 1.95. The van der Waals surface area contributed by atoms with Crippen molar-refractivity contribution in [3.8, 4) is 29.1 Å². The van der Waals surface area contributed by atoms with Gasteiger partial charge in [0, 0.05) is 6.07 Å². The van der Waals surface area contributed by atoms with Crippen LogP contribution in [0.15, 0.2) is 36.4 Å². The molecule has 0 spiro atoms. The molecule has 0 N–H and O–H groups in total. The van der Waals surface area contributed by atoms with E-state index in [2.05, 4.69) is 0 Å². The Morgan fingerprint density at radius 2 is 1.84 bits per heavy atom. The van der Waals surface area contributed by atoms with E-state index < -0.39 is 5.97 Å². The van der Waals surface area contributed by atoms with E-state index in [9.17, 15) is 4.79 Å². The van der Waals surface area contributed by atoms with Crippen LogP contribution in [0.2, 0.25) is 5.02 Å². The van der Waals surface area contributed by atoms with Crippen molar-refractivity contribution in [2.24, 2.45) is 0 Å². The molecule has 130 valence electrons. The van der Waals surface area contributed by atoms with Crippen molar-refractivity contribution in [1.29, 1.82) is 5.26 Å². The van der Waals surface area contributed by atoms with Crippen LogP contribution in [-0.2, 0) is 4.79 Å². The van der Waals surface area contributed by atoms with Gasteiger partial charge in [-0.2, -0.15) is 5.26 Å². The summed E-state index contributed by atoms with van der Waals surface area (Å²) in [5.74, 6) is 0.813. The maximum atomic E-state index is 12.0. The molecule has 0 atom stereocenters. The third-order valence-electron chi connectivity index (χ3n) is 3.07. The summed E-state index contributed by atoms with van der Waals surface area (Å²) in [4.78, 5) is 12.0. The molecule has 0 saturated heterocycles.